The van der Waals surface area contributed by atoms with Crippen LogP contribution in [0.5, 0.6) is 0 Å². The van der Waals surface area contributed by atoms with Gasteiger partial charge in [-0.2, -0.15) is 0 Å². The number of benzene rings is 1. The van der Waals surface area contributed by atoms with Crippen molar-refractivity contribution in [3.05, 3.63) is 41.6 Å². The number of carbonyl (C=O) groups is 1. The standard InChI is InChI=1S/C16H22N4O2/c1-12-4-3-5-14(10-12)18-19-16(21)15(17)11-13(2)20-6-8-22-9-7-20/h3-5,10-11,17-18H,6-9H2,1-2H3,(H,19,21)/b13-11+,17-15?. The highest BCUT2D eigenvalue weighted by atomic mass is 16.5. The van der Waals surface area contributed by atoms with E-state index in [4.69, 9.17) is 10.1 Å². The number of nitrogens with zero attached hydrogens (tertiary/aromatic N) is 1. The molecule has 0 radical (unpaired) electrons. The smallest absolute Gasteiger partial charge is 0.287 e. The Morgan fingerprint density at radius 2 is 2.09 bits per heavy atom. The Bertz CT molecular complexity index is 577. The van der Waals surface area contributed by atoms with E-state index in [2.05, 4.69) is 15.8 Å². The molecule has 6 nitrogen and oxygen atoms in total. The number of hydrazine groups is 1. The first-order valence-corrected chi connectivity index (χ1v) is 7.29. The van der Waals surface area contributed by atoms with Gasteiger partial charge in [0.1, 0.15) is 5.71 Å². The second-order valence-corrected chi connectivity index (χ2v) is 5.25. The van der Waals surface area contributed by atoms with Gasteiger partial charge in [0.15, 0.2) is 0 Å². The first kappa shape index (κ1) is 16.0. The fourth-order valence-electron chi connectivity index (χ4n) is 2.20. The molecule has 1 aliphatic heterocycles. The number of hydrogen-bond acceptors (Lipinski definition) is 5. The molecule has 0 bridgehead atoms. The maximum absolute atomic E-state index is 11.9. The normalized spacial score (nSPS) is 15.4. The molecule has 0 atom stereocenters. The van der Waals surface area contributed by atoms with Crippen LogP contribution in [-0.4, -0.2) is 42.8 Å². The number of carbonyl (C=O) groups excluding carboxylic acids is 1. The third-order valence-electron chi connectivity index (χ3n) is 3.45. The molecule has 1 aromatic rings. The van der Waals surface area contributed by atoms with Crippen LogP contribution in [0.2, 0.25) is 0 Å². The second-order valence-electron chi connectivity index (χ2n) is 5.25. The van der Waals surface area contributed by atoms with E-state index in [0.717, 1.165) is 30.0 Å². The monoisotopic (exact) mass is 302 g/mol. The Morgan fingerprint density at radius 3 is 2.77 bits per heavy atom. The Kier molecular flexibility index (Phi) is 5.55. The molecule has 1 fully saturated rings. The molecule has 1 aliphatic rings. The van der Waals surface area contributed by atoms with Crippen LogP contribution in [-0.2, 0) is 9.53 Å². The quantitative estimate of drug-likeness (QED) is 0.571. The number of aryl methyl sites for hydroxylation is 1. The number of allylic oxidation sites excluding steroid dienone is 1. The van der Waals surface area contributed by atoms with Crippen LogP contribution in [0.1, 0.15) is 12.5 Å². The summed E-state index contributed by atoms with van der Waals surface area (Å²) in [5.74, 6) is -0.464. The van der Waals surface area contributed by atoms with Gasteiger partial charge >= 0.3 is 0 Å². The molecule has 0 aliphatic carbocycles. The molecule has 6 heteroatoms. The van der Waals surface area contributed by atoms with Crippen LogP contribution < -0.4 is 10.9 Å². The number of hydrogen-bond donors (Lipinski definition) is 3. The van der Waals surface area contributed by atoms with Crippen LogP contribution in [0.4, 0.5) is 5.69 Å². The summed E-state index contributed by atoms with van der Waals surface area (Å²) < 4.78 is 5.29. The number of ether oxygens (including phenoxy) is 1. The van der Waals surface area contributed by atoms with E-state index in [0.29, 0.717) is 13.2 Å². The van der Waals surface area contributed by atoms with Crippen molar-refractivity contribution in [3.63, 3.8) is 0 Å². The van der Waals surface area contributed by atoms with E-state index < -0.39 is 5.91 Å². The van der Waals surface area contributed by atoms with E-state index in [1.165, 1.54) is 0 Å². The summed E-state index contributed by atoms with van der Waals surface area (Å²) in [6, 6.07) is 7.64. The summed E-state index contributed by atoms with van der Waals surface area (Å²) in [6.45, 7) is 6.82. The predicted molar refractivity (Wildman–Crippen MR) is 86.8 cm³/mol. The Morgan fingerprint density at radius 1 is 1.36 bits per heavy atom. The highest BCUT2D eigenvalue weighted by molar-refractivity contribution is 6.42. The molecule has 1 heterocycles. The Hall–Kier alpha value is -2.34. The van der Waals surface area contributed by atoms with Gasteiger partial charge in [-0.1, -0.05) is 12.1 Å². The van der Waals surface area contributed by atoms with Crippen molar-refractivity contribution >= 4 is 17.3 Å². The number of nitrogens with one attached hydrogen (secondary N) is 3. The molecule has 2 rings (SSSR count). The molecule has 0 unspecified atom stereocenters. The molecule has 1 amide bonds. The highest BCUT2D eigenvalue weighted by Crippen LogP contribution is 2.08. The largest absolute Gasteiger partial charge is 0.378 e. The average molecular weight is 302 g/mol. The Labute approximate surface area is 130 Å². The molecule has 22 heavy (non-hydrogen) atoms. The third-order valence-corrected chi connectivity index (χ3v) is 3.45. The minimum absolute atomic E-state index is 0.0795. The van der Waals surface area contributed by atoms with Crippen molar-refractivity contribution in [1.29, 1.82) is 5.41 Å². The SMILES string of the molecule is C/C(=C\C(=N)C(=O)NNc1cccc(C)c1)N1CCOCC1. The van der Waals surface area contributed by atoms with E-state index in [1.807, 2.05) is 38.1 Å². The van der Waals surface area contributed by atoms with Gasteiger partial charge in [-0.05, 0) is 37.6 Å². The molecule has 0 spiro atoms. The van der Waals surface area contributed by atoms with E-state index in [1.54, 1.807) is 6.08 Å². The van der Waals surface area contributed by atoms with Gasteiger partial charge in [-0.15, -0.1) is 0 Å². The van der Waals surface area contributed by atoms with Crippen molar-refractivity contribution in [2.24, 2.45) is 0 Å². The van der Waals surface area contributed by atoms with Gasteiger partial charge in [-0.3, -0.25) is 21.1 Å². The van der Waals surface area contributed by atoms with Crippen molar-refractivity contribution in [1.82, 2.24) is 10.3 Å². The van der Waals surface area contributed by atoms with Crippen LogP contribution in [0, 0.1) is 12.3 Å². The zero-order valence-electron chi connectivity index (χ0n) is 13.0. The summed E-state index contributed by atoms with van der Waals surface area (Å²) in [7, 11) is 0. The lowest BCUT2D eigenvalue weighted by atomic mass is 10.2. The molecular formula is C16H22N4O2. The third kappa shape index (κ3) is 4.60. The lowest BCUT2D eigenvalue weighted by Crippen LogP contribution is -2.37. The molecule has 0 saturated carbocycles. The molecular weight excluding hydrogens is 280 g/mol. The lowest BCUT2D eigenvalue weighted by molar-refractivity contribution is -0.114. The van der Waals surface area contributed by atoms with Gasteiger partial charge in [0.2, 0.25) is 0 Å². The van der Waals surface area contributed by atoms with Crippen molar-refractivity contribution in [2.75, 3.05) is 31.7 Å². The van der Waals surface area contributed by atoms with Gasteiger partial charge in [-0.25, -0.2) is 0 Å². The molecule has 0 aromatic heterocycles. The first-order valence-electron chi connectivity index (χ1n) is 7.29. The zero-order valence-corrected chi connectivity index (χ0v) is 13.0. The predicted octanol–water partition coefficient (Wildman–Crippen LogP) is 1.69. The van der Waals surface area contributed by atoms with Gasteiger partial charge in [0.05, 0.1) is 18.9 Å². The number of anilines is 1. The van der Waals surface area contributed by atoms with Crippen LogP contribution in [0.25, 0.3) is 0 Å². The van der Waals surface area contributed by atoms with Crippen molar-refractivity contribution < 1.29 is 9.53 Å². The maximum atomic E-state index is 11.9. The maximum Gasteiger partial charge on any atom is 0.287 e. The average Bonchev–Trinajstić information content (AvgIpc) is 2.53. The van der Waals surface area contributed by atoms with E-state index in [-0.39, 0.29) is 5.71 Å². The van der Waals surface area contributed by atoms with E-state index in [9.17, 15) is 4.79 Å². The molecule has 3 N–H and O–H groups in total. The minimum atomic E-state index is -0.464. The summed E-state index contributed by atoms with van der Waals surface area (Å²) >= 11 is 0. The zero-order chi connectivity index (χ0) is 15.9. The minimum Gasteiger partial charge on any atom is -0.378 e. The van der Waals surface area contributed by atoms with Gasteiger partial charge < -0.3 is 9.64 Å². The summed E-state index contributed by atoms with van der Waals surface area (Å²) in [4.78, 5) is 14.0. The highest BCUT2D eigenvalue weighted by Gasteiger charge is 2.13. The second kappa shape index (κ2) is 7.61. The molecule has 1 saturated heterocycles. The van der Waals surface area contributed by atoms with Crippen molar-refractivity contribution in [2.45, 2.75) is 13.8 Å². The van der Waals surface area contributed by atoms with Crippen molar-refractivity contribution in [3.8, 4) is 0 Å². The topological polar surface area (TPSA) is 77.5 Å². The van der Waals surface area contributed by atoms with Crippen LogP contribution >= 0.6 is 0 Å². The summed E-state index contributed by atoms with van der Waals surface area (Å²) in [6.07, 6.45) is 1.58. The fourth-order valence-corrected chi connectivity index (χ4v) is 2.20. The Balaban J connectivity index is 1.87. The summed E-state index contributed by atoms with van der Waals surface area (Å²) in [5, 5.41) is 7.87. The number of amides is 1. The lowest BCUT2D eigenvalue weighted by Gasteiger charge is -2.29. The number of rotatable bonds is 5. The van der Waals surface area contributed by atoms with Crippen LogP contribution in [0.15, 0.2) is 36.0 Å². The van der Waals surface area contributed by atoms with Gasteiger partial charge in [0, 0.05) is 18.8 Å². The first-order chi connectivity index (χ1) is 10.6. The van der Waals surface area contributed by atoms with E-state index >= 15 is 0 Å². The van der Waals surface area contributed by atoms with Gasteiger partial charge in [0.25, 0.3) is 5.91 Å². The fraction of sp³-hybridized carbons (Fsp3) is 0.375. The molecule has 1 aromatic carbocycles. The summed E-state index contributed by atoms with van der Waals surface area (Å²) in [5.41, 5.74) is 8.05. The molecule has 118 valence electrons. The number of morpholine rings is 1. The van der Waals surface area contributed by atoms with Crippen LogP contribution in [0.3, 0.4) is 0 Å².